The normalized spacial score (nSPS) is 12.8. The summed E-state index contributed by atoms with van der Waals surface area (Å²) in [6.45, 7) is 1.79. The summed E-state index contributed by atoms with van der Waals surface area (Å²) in [5.41, 5.74) is 1.99. The Bertz CT molecular complexity index is 1020. The number of amides is 1. The van der Waals surface area contributed by atoms with Gasteiger partial charge in [-0.25, -0.2) is 0 Å². The Morgan fingerprint density at radius 3 is 2.93 bits per heavy atom. The molecule has 0 unspecified atom stereocenters. The third kappa shape index (κ3) is 3.87. The largest absolute Gasteiger partial charge is 0.497 e. The van der Waals surface area contributed by atoms with Gasteiger partial charge in [0.25, 0.3) is 0 Å². The number of hydrogen-bond donors (Lipinski definition) is 1. The van der Waals surface area contributed by atoms with Crippen molar-refractivity contribution in [3.63, 3.8) is 0 Å². The van der Waals surface area contributed by atoms with E-state index in [1.807, 2.05) is 47.2 Å². The summed E-state index contributed by atoms with van der Waals surface area (Å²) < 4.78 is 18.3. The van der Waals surface area contributed by atoms with Crippen molar-refractivity contribution in [1.82, 2.24) is 9.88 Å². The minimum absolute atomic E-state index is 0.0445. The number of carbonyl (C=O) groups excluding carboxylic acids is 1. The summed E-state index contributed by atoms with van der Waals surface area (Å²) >= 11 is 6.26. The van der Waals surface area contributed by atoms with Gasteiger partial charge in [-0.15, -0.1) is 0 Å². The molecule has 0 fully saturated rings. The molecule has 0 saturated heterocycles. The number of benzene rings is 2. The van der Waals surface area contributed by atoms with E-state index in [0.717, 1.165) is 22.2 Å². The molecule has 1 aliphatic heterocycles. The number of aromatic nitrogens is 1. The Labute approximate surface area is 167 Å². The minimum atomic E-state index is -0.0445. The van der Waals surface area contributed by atoms with E-state index in [1.165, 1.54) is 0 Å². The van der Waals surface area contributed by atoms with Crippen molar-refractivity contribution < 1.29 is 19.0 Å². The van der Waals surface area contributed by atoms with Gasteiger partial charge >= 0.3 is 0 Å². The average molecular weight is 401 g/mol. The Morgan fingerprint density at radius 2 is 2.07 bits per heavy atom. The van der Waals surface area contributed by atoms with Gasteiger partial charge in [0.05, 0.1) is 12.1 Å². The number of ether oxygens (including phenoxy) is 3. The summed E-state index contributed by atoms with van der Waals surface area (Å²) in [5, 5.41) is 4.53. The third-order valence-electron chi connectivity index (χ3n) is 4.68. The van der Waals surface area contributed by atoms with Crippen molar-refractivity contribution in [2.24, 2.45) is 0 Å². The molecule has 0 aliphatic carbocycles. The Morgan fingerprint density at radius 1 is 1.21 bits per heavy atom. The van der Waals surface area contributed by atoms with Gasteiger partial charge < -0.3 is 24.1 Å². The SMILES string of the molecule is COc1ccc2c(ccn2CC(=O)NCCc2cc(Cl)c3c(c2)OCCO3)c1. The molecule has 2 heterocycles. The molecule has 1 aliphatic rings. The smallest absolute Gasteiger partial charge is 0.239 e. The molecule has 0 bridgehead atoms. The van der Waals surface area contributed by atoms with Crippen LogP contribution in [0, 0.1) is 0 Å². The topological polar surface area (TPSA) is 61.7 Å². The molecule has 0 saturated carbocycles. The molecular weight excluding hydrogens is 380 g/mol. The maximum absolute atomic E-state index is 12.3. The molecule has 0 spiro atoms. The van der Waals surface area contributed by atoms with Crippen LogP contribution in [-0.4, -0.2) is 37.3 Å². The van der Waals surface area contributed by atoms with Crippen LogP contribution in [0.3, 0.4) is 0 Å². The van der Waals surface area contributed by atoms with Crippen molar-refractivity contribution in [2.75, 3.05) is 26.9 Å². The van der Waals surface area contributed by atoms with E-state index in [1.54, 1.807) is 7.11 Å². The molecule has 7 heteroatoms. The maximum Gasteiger partial charge on any atom is 0.239 e. The van der Waals surface area contributed by atoms with Crippen LogP contribution in [-0.2, 0) is 17.8 Å². The van der Waals surface area contributed by atoms with E-state index in [2.05, 4.69) is 5.32 Å². The molecule has 0 atom stereocenters. The zero-order valence-electron chi connectivity index (χ0n) is 15.5. The lowest BCUT2D eigenvalue weighted by Crippen LogP contribution is -2.29. The number of methoxy groups -OCH3 is 1. The number of hydrogen-bond acceptors (Lipinski definition) is 4. The van der Waals surface area contributed by atoms with Gasteiger partial charge in [0.2, 0.25) is 5.91 Å². The minimum Gasteiger partial charge on any atom is -0.497 e. The molecule has 1 amide bonds. The van der Waals surface area contributed by atoms with Crippen LogP contribution in [0.15, 0.2) is 42.6 Å². The van der Waals surface area contributed by atoms with Gasteiger partial charge in [-0.05, 0) is 48.4 Å². The van der Waals surface area contributed by atoms with Crippen molar-refractivity contribution >= 4 is 28.4 Å². The van der Waals surface area contributed by atoms with E-state index in [0.29, 0.717) is 42.7 Å². The fraction of sp³-hybridized carbons (Fsp3) is 0.286. The number of halogens is 1. The molecule has 2 aromatic carbocycles. The van der Waals surface area contributed by atoms with Gasteiger partial charge in [-0.3, -0.25) is 4.79 Å². The van der Waals surface area contributed by atoms with Crippen molar-refractivity contribution in [2.45, 2.75) is 13.0 Å². The third-order valence-corrected chi connectivity index (χ3v) is 4.97. The fourth-order valence-electron chi connectivity index (χ4n) is 3.31. The first-order valence-corrected chi connectivity index (χ1v) is 9.49. The number of rotatable bonds is 6. The van der Waals surface area contributed by atoms with Crippen LogP contribution >= 0.6 is 11.6 Å². The van der Waals surface area contributed by atoms with Crippen LogP contribution in [0.4, 0.5) is 0 Å². The summed E-state index contributed by atoms with van der Waals surface area (Å²) in [6, 6.07) is 11.5. The highest BCUT2D eigenvalue weighted by atomic mass is 35.5. The van der Waals surface area contributed by atoms with Crippen LogP contribution in [0.5, 0.6) is 17.2 Å². The van der Waals surface area contributed by atoms with Crippen LogP contribution in [0.25, 0.3) is 10.9 Å². The predicted octanol–water partition coefficient (Wildman–Crippen LogP) is 3.43. The van der Waals surface area contributed by atoms with E-state index in [9.17, 15) is 4.79 Å². The highest BCUT2D eigenvalue weighted by molar-refractivity contribution is 6.32. The molecular formula is C21H21ClN2O4. The molecule has 146 valence electrons. The summed E-state index contributed by atoms with van der Waals surface area (Å²) in [7, 11) is 1.64. The Kier molecular flexibility index (Phi) is 5.30. The zero-order chi connectivity index (χ0) is 19.5. The van der Waals surface area contributed by atoms with Crippen LogP contribution in [0.2, 0.25) is 5.02 Å². The molecule has 6 nitrogen and oxygen atoms in total. The number of nitrogens with zero attached hydrogens (tertiary/aromatic N) is 1. The van der Waals surface area contributed by atoms with E-state index in [-0.39, 0.29) is 12.5 Å². The highest BCUT2D eigenvalue weighted by Gasteiger charge is 2.16. The van der Waals surface area contributed by atoms with E-state index < -0.39 is 0 Å². The second kappa shape index (κ2) is 8.02. The Balaban J connectivity index is 1.34. The maximum atomic E-state index is 12.3. The average Bonchev–Trinajstić information content (AvgIpc) is 3.10. The fourth-order valence-corrected chi connectivity index (χ4v) is 3.60. The quantitative estimate of drug-likeness (QED) is 0.688. The van der Waals surface area contributed by atoms with Gasteiger partial charge in [0, 0.05) is 23.6 Å². The first-order chi connectivity index (χ1) is 13.6. The summed E-state index contributed by atoms with van der Waals surface area (Å²) in [4.78, 5) is 12.3. The zero-order valence-corrected chi connectivity index (χ0v) is 16.3. The summed E-state index contributed by atoms with van der Waals surface area (Å²) in [5.74, 6) is 2.01. The predicted molar refractivity (Wildman–Crippen MR) is 108 cm³/mol. The monoisotopic (exact) mass is 400 g/mol. The summed E-state index contributed by atoms with van der Waals surface area (Å²) in [6.07, 6.45) is 2.57. The van der Waals surface area contributed by atoms with Gasteiger partial charge in [0.15, 0.2) is 11.5 Å². The molecule has 4 rings (SSSR count). The van der Waals surface area contributed by atoms with Crippen molar-refractivity contribution in [3.05, 3.63) is 53.2 Å². The molecule has 1 aromatic heterocycles. The molecule has 1 N–H and O–H groups in total. The van der Waals surface area contributed by atoms with Crippen molar-refractivity contribution in [3.8, 4) is 17.2 Å². The van der Waals surface area contributed by atoms with Crippen molar-refractivity contribution in [1.29, 1.82) is 0 Å². The van der Waals surface area contributed by atoms with Gasteiger partial charge in [0.1, 0.15) is 25.5 Å². The second-order valence-electron chi connectivity index (χ2n) is 6.57. The molecule has 3 aromatic rings. The molecule has 28 heavy (non-hydrogen) atoms. The second-order valence-corrected chi connectivity index (χ2v) is 6.98. The first kappa shape index (κ1) is 18.5. The lowest BCUT2D eigenvalue weighted by molar-refractivity contribution is -0.121. The van der Waals surface area contributed by atoms with Crippen LogP contribution < -0.4 is 19.5 Å². The molecule has 0 radical (unpaired) electrons. The lowest BCUT2D eigenvalue weighted by atomic mass is 10.1. The Hall–Kier alpha value is -2.86. The highest BCUT2D eigenvalue weighted by Crippen LogP contribution is 2.38. The van der Waals surface area contributed by atoms with E-state index >= 15 is 0 Å². The number of carbonyl (C=O) groups is 1. The number of nitrogens with one attached hydrogen (secondary N) is 1. The van der Waals surface area contributed by atoms with Gasteiger partial charge in [-0.1, -0.05) is 11.6 Å². The van der Waals surface area contributed by atoms with E-state index in [4.69, 9.17) is 25.8 Å². The lowest BCUT2D eigenvalue weighted by Gasteiger charge is -2.20. The standard InChI is InChI=1S/C21H21ClN2O4/c1-26-16-2-3-18-15(12-16)5-7-24(18)13-20(25)23-6-4-14-10-17(22)21-19(11-14)27-8-9-28-21/h2-3,5,7,10-12H,4,6,8-9,13H2,1H3,(H,23,25). The van der Waals surface area contributed by atoms with Crippen LogP contribution in [0.1, 0.15) is 5.56 Å². The number of fused-ring (bicyclic) bond motifs is 2. The first-order valence-electron chi connectivity index (χ1n) is 9.11. The van der Waals surface area contributed by atoms with Gasteiger partial charge in [-0.2, -0.15) is 0 Å².